The van der Waals surface area contributed by atoms with Crippen molar-refractivity contribution >= 4 is 23.4 Å². The molecule has 1 aromatic heterocycles. The van der Waals surface area contributed by atoms with E-state index in [0.29, 0.717) is 16.9 Å². The van der Waals surface area contributed by atoms with Crippen LogP contribution in [0.5, 0.6) is 0 Å². The van der Waals surface area contributed by atoms with Gasteiger partial charge in [-0.2, -0.15) is 0 Å². The second-order valence-electron chi connectivity index (χ2n) is 5.96. The minimum Gasteiger partial charge on any atom is -0.325 e. The van der Waals surface area contributed by atoms with Gasteiger partial charge >= 0.3 is 0 Å². The van der Waals surface area contributed by atoms with Crippen molar-refractivity contribution in [1.29, 1.82) is 0 Å². The lowest BCUT2D eigenvalue weighted by atomic mass is 9.96. The van der Waals surface area contributed by atoms with E-state index in [1.165, 1.54) is 43.2 Å². The predicted octanol–water partition coefficient (Wildman–Crippen LogP) is 3.44. The zero-order chi connectivity index (χ0) is 16.9. The fourth-order valence-electron chi connectivity index (χ4n) is 2.84. The number of rotatable bonds is 5. The number of nitrogens with one attached hydrogen (secondary N) is 1. The third-order valence-electron chi connectivity index (χ3n) is 4.13. The van der Waals surface area contributed by atoms with E-state index in [-0.39, 0.29) is 17.0 Å². The number of hydrogen-bond acceptors (Lipinski definition) is 5. The van der Waals surface area contributed by atoms with Crippen molar-refractivity contribution in [3.63, 3.8) is 0 Å². The first kappa shape index (κ1) is 16.9. The van der Waals surface area contributed by atoms with E-state index in [9.17, 15) is 9.18 Å². The molecule has 0 bridgehead atoms. The van der Waals surface area contributed by atoms with Crippen molar-refractivity contribution in [3.05, 3.63) is 30.1 Å². The maximum absolute atomic E-state index is 13.2. The molecule has 1 aromatic carbocycles. The second kappa shape index (κ2) is 7.74. The molecular formula is C16H20FN5OS. The molecule has 6 nitrogen and oxygen atoms in total. The fourth-order valence-corrected chi connectivity index (χ4v) is 3.70. The molecule has 1 atom stereocenters. The molecule has 0 aliphatic heterocycles. The second-order valence-corrected chi connectivity index (χ2v) is 7.27. The van der Waals surface area contributed by atoms with Crippen LogP contribution in [0.25, 0.3) is 0 Å². The maximum atomic E-state index is 13.2. The lowest BCUT2D eigenvalue weighted by Crippen LogP contribution is -2.23. The van der Waals surface area contributed by atoms with Gasteiger partial charge in [-0.15, -0.1) is 5.10 Å². The van der Waals surface area contributed by atoms with E-state index >= 15 is 0 Å². The first-order valence-corrected chi connectivity index (χ1v) is 9.02. The lowest BCUT2D eigenvalue weighted by Gasteiger charge is -2.22. The number of hydrogen-bond donors (Lipinski definition) is 1. The first-order chi connectivity index (χ1) is 11.6. The lowest BCUT2D eigenvalue weighted by molar-refractivity contribution is -0.115. The number of aromatic nitrogens is 4. The zero-order valence-electron chi connectivity index (χ0n) is 13.5. The van der Waals surface area contributed by atoms with Gasteiger partial charge in [0.1, 0.15) is 5.82 Å². The first-order valence-electron chi connectivity index (χ1n) is 8.14. The van der Waals surface area contributed by atoms with E-state index in [1.54, 1.807) is 19.1 Å². The van der Waals surface area contributed by atoms with Crippen LogP contribution in [0.4, 0.5) is 10.1 Å². The summed E-state index contributed by atoms with van der Waals surface area (Å²) in [4.78, 5) is 12.3. The smallest absolute Gasteiger partial charge is 0.237 e. The van der Waals surface area contributed by atoms with Gasteiger partial charge in [0, 0.05) is 5.69 Å². The van der Waals surface area contributed by atoms with Gasteiger partial charge in [0.25, 0.3) is 0 Å². The van der Waals surface area contributed by atoms with Crippen molar-refractivity contribution < 1.29 is 9.18 Å². The summed E-state index contributed by atoms with van der Waals surface area (Å²) >= 11 is 1.32. The van der Waals surface area contributed by atoms with Gasteiger partial charge in [-0.25, -0.2) is 9.07 Å². The number of halogens is 1. The van der Waals surface area contributed by atoms with Crippen molar-refractivity contribution in [2.75, 3.05) is 5.32 Å². The minimum atomic E-state index is -0.387. The van der Waals surface area contributed by atoms with Gasteiger partial charge < -0.3 is 5.32 Å². The molecule has 0 radical (unpaired) electrons. The SMILES string of the molecule is CC(Sc1nnnn1C1CCCCC1)C(=O)Nc1cccc(F)c1. The number of anilines is 1. The van der Waals surface area contributed by atoms with Crippen LogP contribution in [0.3, 0.4) is 0 Å². The van der Waals surface area contributed by atoms with Crippen molar-refractivity contribution in [3.8, 4) is 0 Å². The van der Waals surface area contributed by atoms with Gasteiger partial charge in [-0.05, 0) is 48.4 Å². The van der Waals surface area contributed by atoms with Gasteiger partial charge in [0.2, 0.25) is 11.1 Å². The quantitative estimate of drug-likeness (QED) is 0.837. The number of amides is 1. The molecule has 1 fully saturated rings. The normalized spacial score (nSPS) is 16.8. The zero-order valence-corrected chi connectivity index (χ0v) is 14.3. The Hall–Kier alpha value is -1.96. The summed E-state index contributed by atoms with van der Waals surface area (Å²) < 4.78 is 15.0. The Morgan fingerprint density at radius 3 is 2.92 bits per heavy atom. The van der Waals surface area contributed by atoms with Crippen molar-refractivity contribution in [2.45, 2.75) is 55.5 Å². The molecule has 8 heteroatoms. The Morgan fingerprint density at radius 1 is 1.38 bits per heavy atom. The van der Waals surface area contributed by atoms with Crippen LogP contribution in [0, 0.1) is 5.82 Å². The topological polar surface area (TPSA) is 72.7 Å². The van der Waals surface area contributed by atoms with Gasteiger partial charge in [0.05, 0.1) is 11.3 Å². The molecule has 1 N–H and O–H groups in total. The molecule has 1 heterocycles. The predicted molar refractivity (Wildman–Crippen MR) is 90.3 cm³/mol. The van der Waals surface area contributed by atoms with Crippen LogP contribution in [0.2, 0.25) is 0 Å². The molecule has 1 unspecified atom stereocenters. The van der Waals surface area contributed by atoms with Crippen LogP contribution < -0.4 is 5.32 Å². The van der Waals surface area contributed by atoms with Crippen molar-refractivity contribution in [2.24, 2.45) is 0 Å². The standard InChI is InChI=1S/C16H20FN5OS/c1-11(15(23)18-13-7-5-6-12(17)10-13)24-16-19-20-21-22(16)14-8-3-2-4-9-14/h5-7,10-11,14H,2-4,8-9H2,1H3,(H,18,23). The number of thioether (sulfide) groups is 1. The van der Waals surface area contributed by atoms with E-state index in [4.69, 9.17) is 0 Å². The third-order valence-corrected chi connectivity index (χ3v) is 5.17. The average molecular weight is 349 g/mol. The van der Waals surface area contributed by atoms with E-state index < -0.39 is 0 Å². The fraction of sp³-hybridized carbons (Fsp3) is 0.500. The molecule has 2 aromatic rings. The molecular weight excluding hydrogens is 329 g/mol. The Bertz CT molecular complexity index is 701. The highest BCUT2D eigenvalue weighted by atomic mass is 32.2. The molecule has 3 rings (SSSR count). The number of nitrogens with zero attached hydrogens (tertiary/aromatic N) is 4. The van der Waals surface area contributed by atoms with Crippen LogP contribution in [0.15, 0.2) is 29.4 Å². The summed E-state index contributed by atoms with van der Waals surface area (Å²) in [7, 11) is 0. The summed E-state index contributed by atoms with van der Waals surface area (Å²) in [5.74, 6) is -0.585. The van der Waals surface area contributed by atoms with Gasteiger partial charge in [0.15, 0.2) is 0 Å². The summed E-state index contributed by atoms with van der Waals surface area (Å²) in [5.41, 5.74) is 0.444. The number of carbonyl (C=O) groups excluding carboxylic acids is 1. The number of tetrazole rings is 1. The summed E-state index contributed by atoms with van der Waals surface area (Å²) in [6, 6.07) is 6.17. The van der Waals surface area contributed by atoms with Gasteiger partial charge in [-0.1, -0.05) is 37.1 Å². The van der Waals surface area contributed by atoms with E-state index in [0.717, 1.165) is 12.8 Å². The monoisotopic (exact) mass is 349 g/mol. The summed E-state index contributed by atoms with van der Waals surface area (Å²) in [5, 5.41) is 14.9. The summed E-state index contributed by atoms with van der Waals surface area (Å²) in [6.07, 6.45) is 5.77. The number of carbonyl (C=O) groups is 1. The molecule has 1 aliphatic carbocycles. The highest BCUT2D eigenvalue weighted by Crippen LogP contribution is 2.31. The minimum absolute atomic E-state index is 0.205. The molecule has 24 heavy (non-hydrogen) atoms. The third kappa shape index (κ3) is 4.11. The number of benzene rings is 1. The Labute approximate surface area is 144 Å². The Balaban J connectivity index is 1.63. The molecule has 1 amide bonds. The van der Waals surface area contributed by atoms with Crippen LogP contribution in [-0.2, 0) is 4.79 Å². The van der Waals surface area contributed by atoms with E-state index in [1.807, 2.05) is 4.68 Å². The molecule has 0 saturated heterocycles. The molecule has 1 saturated carbocycles. The highest BCUT2D eigenvalue weighted by molar-refractivity contribution is 8.00. The van der Waals surface area contributed by atoms with Crippen LogP contribution >= 0.6 is 11.8 Å². The van der Waals surface area contributed by atoms with Gasteiger partial charge in [-0.3, -0.25) is 4.79 Å². The van der Waals surface area contributed by atoms with Crippen molar-refractivity contribution in [1.82, 2.24) is 20.2 Å². The largest absolute Gasteiger partial charge is 0.325 e. The average Bonchev–Trinajstić information content (AvgIpc) is 3.03. The molecule has 1 aliphatic rings. The Morgan fingerprint density at radius 2 is 2.17 bits per heavy atom. The summed E-state index contributed by atoms with van der Waals surface area (Å²) in [6.45, 7) is 1.79. The van der Waals surface area contributed by atoms with Crippen LogP contribution in [-0.4, -0.2) is 31.4 Å². The molecule has 128 valence electrons. The molecule has 0 spiro atoms. The highest BCUT2D eigenvalue weighted by Gasteiger charge is 2.23. The van der Waals surface area contributed by atoms with Crippen LogP contribution in [0.1, 0.15) is 45.1 Å². The Kier molecular flexibility index (Phi) is 5.44. The maximum Gasteiger partial charge on any atom is 0.237 e. The van der Waals surface area contributed by atoms with E-state index in [2.05, 4.69) is 20.8 Å².